The summed E-state index contributed by atoms with van der Waals surface area (Å²) in [6, 6.07) is 5.62. The summed E-state index contributed by atoms with van der Waals surface area (Å²) < 4.78 is 0. The molecule has 1 aliphatic heterocycles. The Bertz CT molecular complexity index is 406. The van der Waals surface area contributed by atoms with Gasteiger partial charge in [-0.05, 0) is 56.6 Å². The summed E-state index contributed by atoms with van der Waals surface area (Å²) in [7, 11) is 0. The normalized spacial score (nSPS) is 17.8. The number of nitrogens with zero attached hydrogens (tertiary/aromatic N) is 1. The molecule has 0 saturated carbocycles. The van der Waals surface area contributed by atoms with Crippen LogP contribution in [0.25, 0.3) is 0 Å². The Morgan fingerprint density at radius 1 is 1.26 bits per heavy atom. The minimum Gasteiger partial charge on any atom is -0.330 e. The van der Waals surface area contributed by atoms with Crippen LogP contribution in [0.4, 0.5) is 0 Å². The Kier molecular flexibility index (Phi) is 6.30. The van der Waals surface area contributed by atoms with Crippen molar-refractivity contribution in [2.45, 2.75) is 17.7 Å². The second kappa shape index (κ2) is 7.75. The molecule has 1 aromatic rings. The number of nitrogens with two attached hydrogens (primary N) is 1. The highest BCUT2D eigenvalue weighted by Crippen LogP contribution is 2.30. The van der Waals surface area contributed by atoms with Gasteiger partial charge in [-0.1, -0.05) is 23.2 Å². The first-order valence-corrected chi connectivity index (χ1v) is 8.43. The van der Waals surface area contributed by atoms with E-state index in [1.165, 1.54) is 25.9 Å². The highest BCUT2D eigenvalue weighted by atomic mass is 35.5. The molecule has 0 aromatic heterocycles. The lowest BCUT2D eigenvalue weighted by Gasteiger charge is -2.31. The van der Waals surface area contributed by atoms with E-state index in [9.17, 15) is 0 Å². The molecule has 2 rings (SSSR count). The van der Waals surface area contributed by atoms with Crippen molar-refractivity contribution < 1.29 is 0 Å². The fourth-order valence-corrected chi connectivity index (χ4v) is 3.82. The number of likely N-dealkylation sites (tertiary alicyclic amines) is 1. The molecular weight excluding hydrogens is 299 g/mol. The number of halogens is 2. The van der Waals surface area contributed by atoms with Gasteiger partial charge in [0, 0.05) is 22.2 Å². The van der Waals surface area contributed by atoms with Crippen molar-refractivity contribution in [3.8, 4) is 0 Å². The van der Waals surface area contributed by atoms with Gasteiger partial charge in [-0.2, -0.15) is 0 Å². The Morgan fingerprint density at radius 2 is 2.00 bits per heavy atom. The summed E-state index contributed by atoms with van der Waals surface area (Å²) in [4.78, 5) is 3.59. The van der Waals surface area contributed by atoms with Crippen molar-refractivity contribution in [1.82, 2.24) is 4.90 Å². The predicted octanol–water partition coefficient (Wildman–Crippen LogP) is 3.76. The van der Waals surface area contributed by atoms with Gasteiger partial charge < -0.3 is 10.6 Å². The van der Waals surface area contributed by atoms with Gasteiger partial charge in [-0.15, -0.1) is 11.8 Å². The molecule has 0 aliphatic carbocycles. The molecule has 106 valence electrons. The van der Waals surface area contributed by atoms with Crippen LogP contribution in [0.15, 0.2) is 23.1 Å². The van der Waals surface area contributed by atoms with E-state index in [4.69, 9.17) is 28.9 Å². The number of thioether (sulfide) groups is 1. The molecule has 0 unspecified atom stereocenters. The summed E-state index contributed by atoms with van der Waals surface area (Å²) in [5.74, 6) is 1.78. The number of rotatable bonds is 5. The van der Waals surface area contributed by atoms with Crippen LogP contribution in [0.2, 0.25) is 10.0 Å². The van der Waals surface area contributed by atoms with Crippen LogP contribution in [-0.2, 0) is 0 Å². The van der Waals surface area contributed by atoms with Gasteiger partial charge in [0.1, 0.15) is 0 Å². The summed E-state index contributed by atoms with van der Waals surface area (Å²) in [5.41, 5.74) is 5.71. The van der Waals surface area contributed by atoms with Crippen LogP contribution >= 0.6 is 35.0 Å². The molecule has 0 atom stereocenters. The van der Waals surface area contributed by atoms with E-state index in [-0.39, 0.29) is 0 Å². The quantitative estimate of drug-likeness (QED) is 0.838. The predicted molar refractivity (Wildman–Crippen MR) is 85.4 cm³/mol. The molecule has 2 N–H and O–H groups in total. The first-order valence-electron chi connectivity index (χ1n) is 6.69. The van der Waals surface area contributed by atoms with E-state index in [1.807, 2.05) is 18.2 Å². The van der Waals surface area contributed by atoms with Gasteiger partial charge in [-0.3, -0.25) is 0 Å². The lowest BCUT2D eigenvalue weighted by atomic mass is 9.97. The van der Waals surface area contributed by atoms with Crippen molar-refractivity contribution in [3.05, 3.63) is 28.2 Å². The maximum atomic E-state index is 6.15. The Labute approximate surface area is 129 Å². The largest absolute Gasteiger partial charge is 0.330 e. The van der Waals surface area contributed by atoms with Crippen molar-refractivity contribution in [2.24, 2.45) is 11.7 Å². The van der Waals surface area contributed by atoms with Gasteiger partial charge in [-0.25, -0.2) is 0 Å². The van der Waals surface area contributed by atoms with Gasteiger partial charge in [0.05, 0.1) is 5.02 Å². The molecule has 0 spiro atoms. The fourth-order valence-electron chi connectivity index (χ4n) is 2.32. The third kappa shape index (κ3) is 4.83. The minimum absolute atomic E-state index is 0.728. The zero-order valence-electron chi connectivity index (χ0n) is 10.9. The Balaban J connectivity index is 1.73. The second-order valence-electron chi connectivity index (χ2n) is 4.94. The first-order chi connectivity index (χ1) is 9.19. The molecular formula is C14H20Cl2N2S. The van der Waals surface area contributed by atoms with Crippen molar-refractivity contribution in [2.75, 3.05) is 31.9 Å². The highest BCUT2D eigenvalue weighted by molar-refractivity contribution is 7.99. The molecule has 1 heterocycles. The SMILES string of the molecule is NCC1CCN(CCSc2cc(Cl)ccc2Cl)CC1. The topological polar surface area (TPSA) is 29.3 Å². The number of benzene rings is 1. The van der Waals surface area contributed by atoms with Crippen molar-refractivity contribution in [1.29, 1.82) is 0 Å². The summed E-state index contributed by atoms with van der Waals surface area (Å²) in [5, 5.41) is 1.53. The molecule has 1 aliphatic rings. The minimum atomic E-state index is 0.728. The van der Waals surface area contributed by atoms with Gasteiger partial charge >= 0.3 is 0 Å². The van der Waals surface area contributed by atoms with E-state index in [1.54, 1.807) is 11.8 Å². The average molecular weight is 319 g/mol. The third-order valence-corrected chi connectivity index (χ3v) is 5.31. The maximum Gasteiger partial charge on any atom is 0.0542 e. The molecule has 0 bridgehead atoms. The van der Waals surface area contributed by atoms with E-state index >= 15 is 0 Å². The Morgan fingerprint density at radius 3 is 2.68 bits per heavy atom. The standard InChI is InChI=1S/C14H20Cl2N2S/c15-12-1-2-13(16)14(9-12)19-8-7-18-5-3-11(10-17)4-6-18/h1-2,9,11H,3-8,10,17H2. The molecule has 1 aromatic carbocycles. The molecule has 0 amide bonds. The fraction of sp³-hybridized carbons (Fsp3) is 0.571. The van der Waals surface area contributed by atoms with Crippen LogP contribution in [0.3, 0.4) is 0 Å². The zero-order valence-corrected chi connectivity index (χ0v) is 13.3. The maximum absolute atomic E-state index is 6.15. The van der Waals surface area contributed by atoms with Crippen molar-refractivity contribution >= 4 is 35.0 Å². The van der Waals surface area contributed by atoms with Crippen LogP contribution in [0.5, 0.6) is 0 Å². The molecule has 1 fully saturated rings. The molecule has 0 radical (unpaired) electrons. The van der Waals surface area contributed by atoms with Gasteiger partial charge in [0.25, 0.3) is 0 Å². The van der Waals surface area contributed by atoms with Crippen molar-refractivity contribution in [3.63, 3.8) is 0 Å². The van der Waals surface area contributed by atoms with Gasteiger partial charge in [0.2, 0.25) is 0 Å². The van der Waals surface area contributed by atoms with Crippen LogP contribution < -0.4 is 5.73 Å². The summed E-state index contributed by atoms with van der Waals surface area (Å²) in [6.45, 7) is 4.28. The number of piperidine rings is 1. The highest BCUT2D eigenvalue weighted by Gasteiger charge is 2.17. The lowest BCUT2D eigenvalue weighted by molar-refractivity contribution is 0.197. The Hall–Kier alpha value is 0.0700. The molecule has 5 heteroatoms. The molecule has 2 nitrogen and oxygen atoms in total. The van der Waals surface area contributed by atoms with Crippen LogP contribution in [0, 0.1) is 5.92 Å². The average Bonchev–Trinajstić information content (AvgIpc) is 2.43. The zero-order chi connectivity index (χ0) is 13.7. The number of hydrogen-bond donors (Lipinski definition) is 1. The van der Waals surface area contributed by atoms with Crippen LogP contribution in [-0.4, -0.2) is 36.8 Å². The monoisotopic (exact) mass is 318 g/mol. The summed E-state index contributed by atoms with van der Waals surface area (Å²) >= 11 is 13.9. The third-order valence-electron chi connectivity index (χ3n) is 3.60. The van der Waals surface area contributed by atoms with Crippen LogP contribution in [0.1, 0.15) is 12.8 Å². The lowest BCUT2D eigenvalue weighted by Crippen LogP contribution is -2.37. The van der Waals surface area contributed by atoms with E-state index < -0.39 is 0 Å². The number of hydrogen-bond acceptors (Lipinski definition) is 3. The van der Waals surface area contributed by atoms with E-state index in [2.05, 4.69) is 4.90 Å². The van der Waals surface area contributed by atoms with E-state index in [0.717, 1.165) is 39.7 Å². The second-order valence-corrected chi connectivity index (χ2v) is 6.92. The molecule has 19 heavy (non-hydrogen) atoms. The van der Waals surface area contributed by atoms with Gasteiger partial charge in [0.15, 0.2) is 0 Å². The molecule has 1 saturated heterocycles. The van der Waals surface area contributed by atoms with E-state index in [0.29, 0.717) is 0 Å². The summed E-state index contributed by atoms with van der Waals surface area (Å²) in [6.07, 6.45) is 2.47. The first kappa shape index (κ1) is 15.5. The smallest absolute Gasteiger partial charge is 0.0542 e.